The van der Waals surface area contributed by atoms with Crippen molar-refractivity contribution in [1.82, 2.24) is 0 Å². The molecule has 0 unspecified atom stereocenters. The van der Waals surface area contributed by atoms with E-state index >= 15 is 0 Å². The van der Waals surface area contributed by atoms with Gasteiger partial charge in [0.1, 0.15) is 5.75 Å². The zero-order valence-corrected chi connectivity index (χ0v) is 18.3. The van der Waals surface area contributed by atoms with Gasteiger partial charge in [-0.3, -0.25) is 0 Å². The smallest absolute Gasteiger partial charge is 0.406 e. The van der Waals surface area contributed by atoms with E-state index in [2.05, 4.69) is 23.8 Å². The number of rotatable bonds is 8. The van der Waals surface area contributed by atoms with Crippen molar-refractivity contribution in [2.45, 2.75) is 90.3 Å². The number of halogens is 3. The second-order valence-electron chi connectivity index (χ2n) is 9.45. The molecule has 2 fully saturated rings. The molecule has 0 amide bonds. The molecular formula is C26H37F3O. The summed E-state index contributed by atoms with van der Waals surface area (Å²) in [7, 11) is 0. The van der Waals surface area contributed by atoms with E-state index in [-0.39, 0.29) is 5.75 Å². The molecule has 0 heterocycles. The molecule has 0 spiro atoms. The quantitative estimate of drug-likeness (QED) is 0.382. The van der Waals surface area contributed by atoms with Gasteiger partial charge < -0.3 is 4.74 Å². The summed E-state index contributed by atoms with van der Waals surface area (Å²) in [6.45, 7) is 2.31. The van der Waals surface area contributed by atoms with Gasteiger partial charge in [-0.1, -0.05) is 56.9 Å². The Morgan fingerprint density at radius 3 is 1.93 bits per heavy atom. The number of hydrogen-bond donors (Lipinski definition) is 0. The van der Waals surface area contributed by atoms with Crippen LogP contribution in [0.15, 0.2) is 36.4 Å². The minimum Gasteiger partial charge on any atom is -0.406 e. The lowest BCUT2D eigenvalue weighted by atomic mass is 9.68. The van der Waals surface area contributed by atoms with E-state index < -0.39 is 6.36 Å². The fourth-order valence-corrected chi connectivity index (χ4v) is 5.59. The Morgan fingerprint density at radius 2 is 1.40 bits per heavy atom. The molecule has 0 saturated heterocycles. The molecule has 0 radical (unpaired) electrons. The van der Waals surface area contributed by atoms with Gasteiger partial charge in [0.05, 0.1) is 0 Å². The molecule has 2 aliphatic carbocycles. The Morgan fingerprint density at radius 1 is 0.833 bits per heavy atom. The molecule has 4 heteroatoms. The van der Waals surface area contributed by atoms with Crippen LogP contribution in [-0.2, 0) is 6.42 Å². The second kappa shape index (κ2) is 11.2. The number of benzene rings is 1. The summed E-state index contributed by atoms with van der Waals surface area (Å²) in [5.74, 6) is 3.59. The number of hydrogen-bond acceptors (Lipinski definition) is 1. The van der Waals surface area contributed by atoms with E-state index in [1.54, 1.807) is 12.1 Å². The van der Waals surface area contributed by atoms with Gasteiger partial charge in [0.25, 0.3) is 0 Å². The summed E-state index contributed by atoms with van der Waals surface area (Å²) in [4.78, 5) is 0. The largest absolute Gasteiger partial charge is 0.573 e. The Kier molecular flexibility index (Phi) is 8.71. The molecule has 0 aliphatic heterocycles. The minimum absolute atomic E-state index is 0.161. The lowest BCUT2D eigenvalue weighted by Gasteiger charge is -2.37. The van der Waals surface area contributed by atoms with Gasteiger partial charge in [0.15, 0.2) is 0 Å². The van der Waals surface area contributed by atoms with Crippen molar-refractivity contribution >= 4 is 0 Å². The predicted molar refractivity (Wildman–Crippen MR) is 116 cm³/mol. The van der Waals surface area contributed by atoms with Gasteiger partial charge in [-0.2, -0.15) is 0 Å². The van der Waals surface area contributed by atoms with E-state index in [9.17, 15) is 13.2 Å². The van der Waals surface area contributed by atoms with Crippen LogP contribution in [0.5, 0.6) is 5.75 Å². The highest BCUT2D eigenvalue weighted by Gasteiger charge is 2.31. The second-order valence-corrected chi connectivity index (χ2v) is 9.45. The van der Waals surface area contributed by atoms with Gasteiger partial charge in [0, 0.05) is 0 Å². The van der Waals surface area contributed by atoms with E-state index in [0.29, 0.717) is 0 Å². The molecule has 0 atom stereocenters. The maximum Gasteiger partial charge on any atom is 0.573 e. The maximum absolute atomic E-state index is 12.2. The van der Waals surface area contributed by atoms with Crippen molar-refractivity contribution in [3.05, 3.63) is 42.0 Å². The van der Waals surface area contributed by atoms with Crippen molar-refractivity contribution in [2.75, 3.05) is 0 Å². The lowest BCUT2D eigenvalue weighted by Crippen LogP contribution is -2.25. The van der Waals surface area contributed by atoms with Gasteiger partial charge in [0.2, 0.25) is 0 Å². The first kappa shape index (κ1) is 23.2. The topological polar surface area (TPSA) is 9.23 Å². The third-order valence-corrected chi connectivity index (χ3v) is 7.29. The molecule has 3 rings (SSSR count). The monoisotopic (exact) mass is 422 g/mol. The predicted octanol–water partition coefficient (Wildman–Crippen LogP) is 8.49. The van der Waals surface area contributed by atoms with Gasteiger partial charge in [-0.15, -0.1) is 13.2 Å². The van der Waals surface area contributed by atoms with E-state index in [0.717, 1.165) is 42.1 Å². The molecule has 1 aromatic carbocycles. The summed E-state index contributed by atoms with van der Waals surface area (Å²) < 4.78 is 40.5. The van der Waals surface area contributed by atoms with E-state index in [4.69, 9.17) is 0 Å². The maximum atomic E-state index is 12.2. The van der Waals surface area contributed by atoms with Crippen molar-refractivity contribution in [2.24, 2.45) is 23.7 Å². The molecule has 1 nitrogen and oxygen atoms in total. The van der Waals surface area contributed by atoms with Gasteiger partial charge >= 0.3 is 6.36 Å². The van der Waals surface area contributed by atoms with Crippen molar-refractivity contribution in [1.29, 1.82) is 0 Å². The summed E-state index contributed by atoms with van der Waals surface area (Å²) in [6, 6.07) is 6.17. The Hall–Kier alpha value is -1.45. The van der Waals surface area contributed by atoms with Crippen LogP contribution in [0.25, 0.3) is 0 Å². The summed E-state index contributed by atoms with van der Waals surface area (Å²) in [6.07, 6.45) is 15.8. The fraction of sp³-hybridized carbons (Fsp3) is 0.692. The molecule has 2 aliphatic rings. The van der Waals surface area contributed by atoms with Crippen LogP contribution in [0, 0.1) is 23.7 Å². The SMILES string of the molecule is CCCC1CCC(C2CCC(C/C=C\Cc3ccc(OC(F)(F)F)cc3)CC2)CC1. The van der Waals surface area contributed by atoms with E-state index in [1.807, 2.05) is 0 Å². The zero-order chi connectivity index (χ0) is 21.4. The molecule has 0 aromatic heterocycles. The highest BCUT2D eigenvalue weighted by Crippen LogP contribution is 2.42. The summed E-state index contributed by atoms with van der Waals surface area (Å²) in [5, 5.41) is 0. The van der Waals surface area contributed by atoms with Crippen LogP contribution >= 0.6 is 0 Å². The van der Waals surface area contributed by atoms with Crippen molar-refractivity contribution in [3.63, 3.8) is 0 Å². The lowest BCUT2D eigenvalue weighted by molar-refractivity contribution is -0.274. The molecule has 1 aromatic rings. The summed E-state index contributed by atoms with van der Waals surface area (Å²) >= 11 is 0. The Labute approximate surface area is 180 Å². The third kappa shape index (κ3) is 7.67. The van der Waals surface area contributed by atoms with Crippen molar-refractivity contribution < 1.29 is 17.9 Å². The molecule has 168 valence electrons. The molecule has 30 heavy (non-hydrogen) atoms. The number of ether oxygens (including phenoxy) is 1. The van der Waals surface area contributed by atoms with Crippen LogP contribution in [0.4, 0.5) is 13.2 Å². The third-order valence-electron chi connectivity index (χ3n) is 7.29. The van der Waals surface area contributed by atoms with Crippen LogP contribution in [0.2, 0.25) is 0 Å². The Bertz CT molecular complexity index is 633. The van der Waals surface area contributed by atoms with Crippen LogP contribution in [0.1, 0.15) is 83.1 Å². The highest BCUT2D eigenvalue weighted by atomic mass is 19.4. The first-order chi connectivity index (χ1) is 14.4. The minimum atomic E-state index is -4.63. The summed E-state index contributed by atoms with van der Waals surface area (Å²) in [5.41, 5.74) is 1.00. The molecule has 0 N–H and O–H groups in total. The van der Waals surface area contributed by atoms with Crippen molar-refractivity contribution in [3.8, 4) is 5.75 Å². The Balaban J connectivity index is 1.32. The fourth-order valence-electron chi connectivity index (χ4n) is 5.59. The molecule has 2 saturated carbocycles. The van der Waals surface area contributed by atoms with Gasteiger partial charge in [-0.25, -0.2) is 0 Å². The van der Waals surface area contributed by atoms with Gasteiger partial charge in [-0.05, 0) is 92.7 Å². The number of alkyl halides is 3. The van der Waals surface area contributed by atoms with E-state index in [1.165, 1.54) is 76.3 Å². The number of allylic oxidation sites excluding steroid dienone is 2. The molecular weight excluding hydrogens is 385 g/mol. The average molecular weight is 423 g/mol. The van der Waals surface area contributed by atoms with Crippen LogP contribution < -0.4 is 4.74 Å². The van der Waals surface area contributed by atoms with Crippen LogP contribution in [-0.4, -0.2) is 6.36 Å². The first-order valence-corrected chi connectivity index (χ1v) is 11.9. The highest BCUT2D eigenvalue weighted by molar-refractivity contribution is 5.28. The zero-order valence-electron chi connectivity index (χ0n) is 18.3. The first-order valence-electron chi connectivity index (χ1n) is 11.9. The average Bonchev–Trinajstić information content (AvgIpc) is 2.73. The van der Waals surface area contributed by atoms with Crippen LogP contribution in [0.3, 0.4) is 0 Å². The molecule has 0 bridgehead atoms. The standard InChI is InChI=1S/C26H37F3O/c1-2-5-20-8-14-23(15-9-20)24-16-10-21(11-17-24)6-3-4-7-22-12-18-25(19-13-22)30-26(27,28)29/h3-4,12-13,18-21,23-24H,2,5-11,14-17H2,1H3/b4-3-. The normalized spacial score (nSPS) is 28.0.